The van der Waals surface area contributed by atoms with Gasteiger partial charge >= 0.3 is 0 Å². The van der Waals surface area contributed by atoms with Gasteiger partial charge in [-0.15, -0.1) is 0 Å². The summed E-state index contributed by atoms with van der Waals surface area (Å²) < 4.78 is 17.1. The van der Waals surface area contributed by atoms with E-state index < -0.39 is 16.0 Å². The molecule has 0 radical (unpaired) electrons. The van der Waals surface area contributed by atoms with Gasteiger partial charge in [-0.1, -0.05) is 29.8 Å². The van der Waals surface area contributed by atoms with Crippen LogP contribution in [-0.2, 0) is 20.3 Å². The van der Waals surface area contributed by atoms with Gasteiger partial charge in [0, 0.05) is 36.8 Å². The van der Waals surface area contributed by atoms with Gasteiger partial charge in [-0.2, -0.15) is 0 Å². The van der Waals surface area contributed by atoms with Crippen molar-refractivity contribution >= 4 is 16.7 Å². The van der Waals surface area contributed by atoms with Gasteiger partial charge in [0.1, 0.15) is 5.25 Å². The van der Waals surface area contributed by atoms with E-state index in [1.54, 1.807) is 12.0 Å². The first kappa shape index (κ1) is 14.2. The van der Waals surface area contributed by atoms with Crippen LogP contribution in [0.2, 0.25) is 0 Å². The first-order valence-corrected chi connectivity index (χ1v) is 7.73. The summed E-state index contributed by atoms with van der Waals surface area (Å²) in [5, 5.41) is -0.522. The molecule has 0 saturated carbocycles. The van der Waals surface area contributed by atoms with Crippen LogP contribution < -0.4 is 0 Å². The van der Waals surface area contributed by atoms with Crippen molar-refractivity contribution in [3.8, 4) is 0 Å². The number of carbonyl (C=O) groups excluding carboxylic acids is 1. The van der Waals surface area contributed by atoms with Crippen LogP contribution in [0.3, 0.4) is 0 Å². The second-order valence-electron chi connectivity index (χ2n) is 4.69. The number of nitrogens with zero attached hydrogens (tertiary/aromatic N) is 1. The van der Waals surface area contributed by atoms with Crippen molar-refractivity contribution in [2.24, 2.45) is 0 Å². The van der Waals surface area contributed by atoms with Gasteiger partial charge in [0.05, 0.1) is 6.61 Å². The molecule has 4 nitrogen and oxygen atoms in total. The van der Waals surface area contributed by atoms with Crippen molar-refractivity contribution in [2.45, 2.75) is 12.2 Å². The number of methoxy groups -OCH3 is 1. The summed E-state index contributed by atoms with van der Waals surface area (Å²) in [4.78, 5) is 14.1. The Bertz CT molecular complexity index is 472. The van der Waals surface area contributed by atoms with E-state index in [4.69, 9.17) is 4.74 Å². The van der Waals surface area contributed by atoms with Crippen molar-refractivity contribution < 1.29 is 13.7 Å². The van der Waals surface area contributed by atoms with Gasteiger partial charge in [-0.25, -0.2) is 0 Å². The van der Waals surface area contributed by atoms with E-state index in [0.29, 0.717) is 25.4 Å². The molecule has 2 unspecified atom stereocenters. The average molecular weight is 281 g/mol. The van der Waals surface area contributed by atoms with Crippen LogP contribution in [0.1, 0.15) is 16.4 Å². The lowest BCUT2D eigenvalue weighted by molar-refractivity contribution is -0.131. The van der Waals surface area contributed by atoms with Crippen LogP contribution in [0.25, 0.3) is 0 Å². The maximum Gasteiger partial charge on any atom is 0.242 e. The molecule has 0 aromatic heterocycles. The zero-order valence-corrected chi connectivity index (χ0v) is 12.1. The lowest BCUT2D eigenvalue weighted by Gasteiger charge is -2.31. The molecule has 0 bridgehead atoms. The Labute approximate surface area is 116 Å². The Morgan fingerprint density at radius 2 is 2.05 bits per heavy atom. The van der Waals surface area contributed by atoms with E-state index in [1.807, 2.05) is 31.2 Å². The molecule has 19 heavy (non-hydrogen) atoms. The van der Waals surface area contributed by atoms with Crippen molar-refractivity contribution in [3.63, 3.8) is 0 Å². The molecule has 2 rings (SSSR count). The summed E-state index contributed by atoms with van der Waals surface area (Å²) in [6.07, 6.45) is 0. The minimum Gasteiger partial charge on any atom is -0.383 e. The third kappa shape index (κ3) is 3.22. The first-order valence-electron chi connectivity index (χ1n) is 6.35. The number of rotatable bonds is 4. The van der Waals surface area contributed by atoms with E-state index in [-0.39, 0.29) is 5.91 Å². The minimum absolute atomic E-state index is 0.0505. The maximum atomic E-state index is 12.4. The Balaban J connectivity index is 2.19. The SMILES string of the molecule is COCCN1CCS(=O)C(c2ccc(C)cc2)C1=O. The minimum atomic E-state index is -1.12. The predicted molar refractivity (Wildman–Crippen MR) is 75.4 cm³/mol. The molecule has 1 heterocycles. The molecule has 0 N–H and O–H groups in total. The zero-order chi connectivity index (χ0) is 13.8. The van der Waals surface area contributed by atoms with Gasteiger partial charge in [0.15, 0.2) is 0 Å². The standard InChI is InChI=1S/C14H19NO3S/c1-11-3-5-12(6-4-11)13-14(16)15(7-9-18-2)8-10-19(13)17/h3-6,13H,7-10H2,1-2H3. The molecule has 1 aromatic carbocycles. The van der Waals surface area contributed by atoms with Crippen LogP contribution in [0.15, 0.2) is 24.3 Å². The molecule has 1 fully saturated rings. The smallest absolute Gasteiger partial charge is 0.242 e. The zero-order valence-electron chi connectivity index (χ0n) is 11.3. The lowest BCUT2D eigenvalue weighted by Crippen LogP contribution is -2.46. The van der Waals surface area contributed by atoms with Crippen LogP contribution in [-0.4, -0.2) is 47.6 Å². The van der Waals surface area contributed by atoms with Crippen molar-refractivity contribution in [1.29, 1.82) is 0 Å². The highest BCUT2D eigenvalue weighted by molar-refractivity contribution is 7.86. The Kier molecular flexibility index (Phi) is 4.71. The summed E-state index contributed by atoms with van der Waals surface area (Å²) in [5.74, 6) is 0.485. The number of ether oxygens (including phenoxy) is 1. The fraction of sp³-hybridized carbons (Fsp3) is 0.500. The van der Waals surface area contributed by atoms with Gasteiger partial charge in [-0.3, -0.25) is 9.00 Å². The van der Waals surface area contributed by atoms with Crippen molar-refractivity contribution in [2.75, 3.05) is 32.6 Å². The fourth-order valence-electron chi connectivity index (χ4n) is 2.17. The number of hydrogen-bond acceptors (Lipinski definition) is 3. The van der Waals surface area contributed by atoms with Crippen LogP contribution in [0.5, 0.6) is 0 Å². The average Bonchev–Trinajstić information content (AvgIpc) is 2.40. The summed E-state index contributed by atoms with van der Waals surface area (Å²) in [7, 11) is 0.491. The quantitative estimate of drug-likeness (QED) is 0.835. The monoisotopic (exact) mass is 281 g/mol. The van der Waals surface area contributed by atoms with E-state index in [9.17, 15) is 9.00 Å². The number of carbonyl (C=O) groups is 1. The Morgan fingerprint density at radius 1 is 1.37 bits per heavy atom. The molecule has 1 amide bonds. The van der Waals surface area contributed by atoms with Crippen molar-refractivity contribution in [3.05, 3.63) is 35.4 Å². The molecule has 1 saturated heterocycles. The Morgan fingerprint density at radius 3 is 2.68 bits per heavy atom. The normalized spacial score (nSPS) is 23.7. The molecule has 0 aliphatic carbocycles. The van der Waals surface area contributed by atoms with E-state index >= 15 is 0 Å². The van der Waals surface area contributed by atoms with Crippen molar-refractivity contribution in [1.82, 2.24) is 4.90 Å². The third-order valence-electron chi connectivity index (χ3n) is 3.31. The number of amides is 1. The predicted octanol–water partition coefficient (Wildman–Crippen LogP) is 1.27. The second kappa shape index (κ2) is 6.30. The van der Waals surface area contributed by atoms with E-state index in [2.05, 4.69) is 0 Å². The molecule has 1 aliphatic heterocycles. The summed E-state index contributed by atoms with van der Waals surface area (Å²) in [6.45, 7) is 3.62. The molecular formula is C14H19NO3S. The third-order valence-corrected chi connectivity index (χ3v) is 4.89. The molecule has 104 valence electrons. The van der Waals surface area contributed by atoms with E-state index in [0.717, 1.165) is 11.1 Å². The van der Waals surface area contributed by atoms with Crippen LogP contribution >= 0.6 is 0 Å². The summed E-state index contributed by atoms with van der Waals surface area (Å²) >= 11 is 0. The van der Waals surface area contributed by atoms with E-state index in [1.165, 1.54) is 0 Å². The van der Waals surface area contributed by atoms with Crippen LogP contribution in [0, 0.1) is 6.92 Å². The highest BCUT2D eigenvalue weighted by Gasteiger charge is 2.35. The maximum absolute atomic E-state index is 12.4. The highest BCUT2D eigenvalue weighted by atomic mass is 32.2. The fourth-order valence-corrected chi connectivity index (χ4v) is 3.64. The molecule has 0 spiro atoms. The topological polar surface area (TPSA) is 46.6 Å². The number of benzene rings is 1. The number of aryl methyl sites for hydroxylation is 1. The summed E-state index contributed by atoms with van der Waals surface area (Å²) in [5.41, 5.74) is 1.98. The van der Waals surface area contributed by atoms with Gasteiger partial charge in [0.25, 0.3) is 0 Å². The lowest BCUT2D eigenvalue weighted by atomic mass is 10.1. The number of hydrogen-bond donors (Lipinski definition) is 0. The summed E-state index contributed by atoms with van der Waals surface area (Å²) in [6, 6.07) is 7.70. The molecule has 2 atom stereocenters. The molecule has 1 aromatic rings. The van der Waals surface area contributed by atoms with Gasteiger partial charge in [0.2, 0.25) is 5.91 Å². The molecule has 1 aliphatic rings. The molecular weight excluding hydrogens is 262 g/mol. The van der Waals surface area contributed by atoms with Crippen LogP contribution in [0.4, 0.5) is 0 Å². The highest BCUT2D eigenvalue weighted by Crippen LogP contribution is 2.26. The second-order valence-corrected chi connectivity index (χ2v) is 6.33. The molecule has 5 heteroatoms. The Hall–Kier alpha value is -1.20. The van der Waals surface area contributed by atoms with Gasteiger partial charge < -0.3 is 9.64 Å². The van der Waals surface area contributed by atoms with Gasteiger partial charge in [-0.05, 0) is 12.5 Å². The first-order chi connectivity index (χ1) is 9.13. The largest absolute Gasteiger partial charge is 0.383 e.